The molecule has 0 amide bonds. The fourth-order valence-corrected chi connectivity index (χ4v) is 4.52. The Bertz CT molecular complexity index is 1110. The van der Waals surface area contributed by atoms with Crippen LogP contribution in [0.15, 0.2) is 43.1 Å². The number of rotatable bonds is 4. The monoisotopic (exact) mass is 390 g/mol. The lowest BCUT2D eigenvalue weighted by molar-refractivity contribution is 0.461. The molecule has 6 nitrogen and oxygen atoms in total. The molecule has 1 aliphatic carbocycles. The molecule has 4 aromatic heterocycles. The Labute approximate surface area is 171 Å². The lowest BCUT2D eigenvalue weighted by Gasteiger charge is -2.14. The molecule has 0 spiro atoms. The van der Waals surface area contributed by atoms with Gasteiger partial charge in [-0.25, -0.2) is 15.0 Å². The number of fused-ring (bicyclic) bond motifs is 2. The number of hydrogen-bond donors (Lipinski definition) is 1. The molecule has 4 heterocycles. The van der Waals surface area contributed by atoms with Crippen molar-refractivity contribution < 1.29 is 0 Å². The van der Waals surface area contributed by atoms with Gasteiger partial charge in [0.05, 0.1) is 5.39 Å². The van der Waals surface area contributed by atoms with E-state index in [2.05, 4.69) is 55.4 Å². The highest BCUT2D eigenvalue weighted by molar-refractivity contribution is 5.86. The number of anilines is 1. The number of imidazole rings is 1. The summed E-state index contributed by atoms with van der Waals surface area (Å²) in [5.41, 5.74) is 10.5. The third kappa shape index (κ3) is 3.71. The van der Waals surface area contributed by atoms with Crippen molar-refractivity contribution in [1.82, 2.24) is 23.9 Å². The summed E-state index contributed by atoms with van der Waals surface area (Å²) in [5, 5.41) is 0.962. The normalized spacial score (nSPS) is 18.9. The molecule has 1 aliphatic rings. The molecule has 0 bridgehead atoms. The summed E-state index contributed by atoms with van der Waals surface area (Å²) >= 11 is 0. The van der Waals surface area contributed by atoms with E-state index < -0.39 is 0 Å². The molecular weight excluding hydrogens is 360 g/mol. The Kier molecular flexibility index (Phi) is 5.51. The van der Waals surface area contributed by atoms with Gasteiger partial charge in [-0.1, -0.05) is 13.8 Å². The predicted octanol–water partition coefficient (Wildman–Crippen LogP) is 4.97. The van der Waals surface area contributed by atoms with Crippen LogP contribution in [0.2, 0.25) is 0 Å². The minimum absolute atomic E-state index is 0.513. The van der Waals surface area contributed by atoms with Gasteiger partial charge in [0.2, 0.25) is 0 Å². The van der Waals surface area contributed by atoms with Gasteiger partial charge in [-0.2, -0.15) is 0 Å². The second-order valence-electron chi connectivity index (χ2n) is 7.75. The van der Waals surface area contributed by atoms with Crippen molar-refractivity contribution in [3.63, 3.8) is 0 Å². The third-order valence-electron chi connectivity index (χ3n) is 6.05. The fraction of sp³-hybridized carbons (Fsp3) is 0.435. The second-order valence-corrected chi connectivity index (χ2v) is 7.75. The van der Waals surface area contributed by atoms with Gasteiger partial charge in [-0.05, 0) is 68.7 Å². The molecule has 0 aromatic carbocycles. The highest BCUT2D eigenvalue weighted by Crippen LogP contribution is 2.38. The van der Waals surface area contributed by atoms with Gasteiger partial charge in [0.25, 0.3) is 0 Å². The van der Waals surface area contributed by atoms with Crippen molar-refractivity contribution in [2.75, 3.05) is 5.73 Å². The van der Waals surface area contributed by atoms with Gasteiger partial charge in [0, 0.05) is 30.3 Å². The van der Waals surface area contributed by atoms with Crippen molar-refractivity contribution in [2.45, 2.75) is 58.9 Å². The first-order valence-electron chi connectivity index (χ1n) is 10.7. The average molecular weight is 391 g/mol. The average Bonchev–Trinajstić information content (AvgIpc) is 3.47. The van der Waals surface area contributed by atoms with Crippen molar-refractivity contribution in [1.29, 1.82) is 0 Å². The molecule has 29 heavy (non-hydrogen) atoms. The number of aromatic nitrogens is 5. The van der Waals surface area contributed by atoms with Crippen LogP contribution in [0.1, 0.15) is 56.8 Å². The third-order valence-corrected chi connectivity index (χ3v) is 6.05. The van der Waals surface area contributed by atoms with Crippen LogP contribution in [0.5, 0.6) is 0 Å². The highest BCUT2D eigenvalue weighted by Gasteiger charge is 2.27. The van der Waals surface area contributed by atoms with Crippen LogP contribution < -0.4 is 5.73 Å². The first kappa shape index (κ1) is 19.4. The molecule has 0 radical (unpaired) electrons. The Morgan fingerprint density at radius 1 is 1.10 bits per heavy atom. The van der Waals surface area contributed by atoms with Crippen LogP contribution in [0.3, 0.4) is 0 Å². The van der Waals surface area contributed by atoms with E-state index in [0.29, 0.717) is 11.9 Å². The van der Waals surface area contributed by atoms with E-state index in [4.69, 9.17) is 5.73 Å². The molecule has 2 N–H and O–H groups in total. The fourth-order valence-electron chi connectivity index (χ4n) is 4.52. The highest BCUT2D eigenvalue weighted by atomic mass is 15.1. The Hall–Kier alpha value is -2.89. The maximum atomic E-state index is 5.98. The zero-order valence-electron chi connectivity index (χ0n) is 17.5. The molecular formula is C23H30N6. The van der Waals surface area contributed by atoms with Crippen LogP contribution in [0.4, 0.5) is 5.82 Å². The summed E-state index contributed by atoms with van der Waals surface area (Å²) in [5.74, 6) is 1.32. The summed E-state index contributed by atoms with van der Waals surface area (Å²) in [4.78, 5) is 13.0. The molecule has 5 rings (SSSR count). The SMILES string of the molecule is CC.Cc1cnc2cc(CCC3CCC(n4ccc5c(N)ncnc54)C3)ccn12. The number of nitrogens with two attached hydrogens (primary N) is 1. The second kappa shape index (κ2) is 8.23. The van der Waals surface area contributed by atoms with Gasteiger partial charge >= 0.3 is 0 Å². The molecule has 2 atom stereocenters. The molecule has 1 saturated carbocycles. The van der Waals surface area contributed by atoms with Gasteiger partial charge in [0.15, 0.2) is 0 Å². The van der Waals surface area contributed by atoms with Gasteiger partial charge in [0.1, 0.15) is 23.4 Å². The van der Waals surface area contributed by atoms with E-state index in [0.717, 1.165) is 29.0 Å². The predicted molar refractivity (Wildman–Crippen MR) is 118 cm³/mol. The summed E-state index contributed by atoms with van der Waals surface area (Å²) in [7, 11) is 0. The van der Waals surface area contributed by atoms with E-state index >= 15 is 0 Å². The minimum Gasteiger partial charge on any atom is -0.383 e. The summed E-state index contributed by atoms with van der Waals surface area (Å²) in [6.07, 6.45) is 13.8. The van der Waals surface area contributed by atoms with Crippen molar-refractivity contribution in [2.24, 2.45) is 5.92 Å². The smallest absolute Gasteiger partial charge is 0.145 e. The first-order chi connectivity index (χ1) is 14.2. The lowest BCUT2D eigenvalue weighted by Crippen LogP contribution is -2.06. The number of aryl methyl sites for hydroxylation is 2. The minimum atomic E-state index is 0.513. The Balaban J connectivity index is 0.000000994. The van der Waals surface area contributed by atoms with E-state index in [1.807, 2.05) is 26.1 Å². The number of hydrogen-bond acceptors (Lipinski definition) is 4. The molecule has 152 valence electrons. The topological polar surface area (TPSA) is 74.0 Å². The Morgan fingerprint density at radius 2 is 1.97 bits per heavy atom. The van der Waals surface area contributed by atoms with Crippen LogP contribution in [0.25, 0.3) is 16.7 Å². The Morgan fingerprint density at radius 3 is 2.83 bits per heavy atom. The maximum Gasteiger partial charge on any atom is 0.145 e. The zero-order valence-corrected chi connectivity index (χ0v) is 17.5. The molecule has 6 heteroatoms. The van der Waals surface area contributed by atoms with Gasteiger partial charge < -0.3 is 14.7 Å². The van der Waals surface area contributed by atoms with Crippen molar-refractivity contribution in [3.8, 4) is 0 Å². The van der Waals surface area contributed by atoms with E-state index in [-0.39, 0.29) is 0 Å². The number of pyridine rings is 1. The summed E-state index contributed by atoms with van der Waals surface area (Å²) in [6, 6.07) is 7.00. The molecule has 2 unspecified atom stereocenters. The van der Waals surface area contributed by atoms with Gasteiger partial charge in [-0.15, -0.1) is 0 Å². The molecule has 4 aromatic rings. The zero-order chi connectivity index (χ0) is 20.4. The van der Waals surface area contributed by atoms with Crippen LogP contribution in [-0.4, -0.2) is 23.9 Å². The van der Waals surface area contributed by atoms with Crippen molar-refractivity contribution in [3.05, 3.63) is 54.4 Å². The van der Waals surface area contributed by atoms with E-state index in [1.54, 1.807) is 6.33 Å². The standard InChI is InChI=1S/C21H24N6.C2H6/c1-14-12-23-19-11-16(6-8-26(14)19)3-2-15-4-5-17(10-15)27-9-7-18-20(22)24-13-25-21(18)27;1-2/h6-9,11-13,15,17H,2-5,10H2,1H3,(H2,22,24,25);1-2H3. The van der Waals surface area contributed by atoms with Crippen LogP contribution in [-0.2, 0) is 6.42 Å². The number of nitrogen functional groups attached to an aromatic ring is 1. The van der Waals surface area contributed by atoms with Crippen LogP contribution >= 0.6 is 0 Å². The first-order valence-corrected chi connectivity index (χ1v) is 10.7. The largest absolute Gasteiger partial charge is 0.383 e. The van der Waals surface area contributed by atoms with E-state index in [1.165, 1.54) is 36.9 Å². The molecule has 0 aliphatic heterocycles. The maximum absolute atomic E-state index is 5.98. The van der Waals surface area contributed by atoms with Crippen molar-refractivity contribution >= 4 is 22.5 Å². The molecule has 0 saturated heterocycles. The van der Waals surface area contributed by atoms with Crippen LogP contribution in [0, 0.1) is 12.8 Å². The van der Waals surface area contributed by atoms with E-state index in [9.17, 15) is 0 Å². The quantitative estimate of drug-likeness (QED) is 0.534. The molecule has 1 fully saturated rings. The summed E-state index contributed by atoms with van der Waals surface area (Å²) < 4.78 is 4.44. The summed E-state index contributed by atoms with van der Waals surface area (Å²) in [6.45, 7) is 6.09. The lowest BCUT2D eigenvalue weighted by atomic mass is 9.98. The number of nitrogens with zero attached hydrogens (tertiary/aromatic N) is 5. The van der Waals surface area contributed by atoms with Gasteiger partial charge in [-0.3, -0.25) is 0 Å².